The molecular weight excluding hydrogens is 472 g/mol. The first-order valence-electron chi connectivity index (χ1n) is 10.5. The van der Waals surface area contributed by atoms with E-state index in [-0.39, 0.29) is 30.2 Å². The average Bonchev–Trinajstić information content (AvgIpc) is 3.06. The second-order valence-corrected chi connectivity index (χ2v) is 9.05. The summed E-state index contributed by atoms with van der Waals surface area (Å²) in [6.45, 7) is 1.96. The van der Waals surface area contributed by atoms with Gasteiger partial charge in [0.1, 0.15) is 5.75 Å². The number of hydrogen-bond acceptors (Lipinski definition) is 5. The third-order valence-corrected chi connectivity index (χ3v) is 6.17. The summed E-state index contributed by atoms with van der Waals surface area (Å²) < 4.78 is 5.55. The van der Waals surface area contributed by atoms with Crippen LogP contribution in [0.25, 0.3) is 6.08 Å². The van der Waals surface area contributed by atoms with Crippen LogP contribution < -0.4 is 10.1 Å². The number of rotatable bonds is 7. The van der Waals surface area contributed by atoms with Crippen LogP contribution in [-0.2, 0) is 16.1 Å². The SMILES string of the molecule is Cc1cccc(NC(=O)COc2ccc(/C=C3\SC(=O)N(Cc4ccccc4)C3=O)cc2Cl)c1. The lowest BCUT2D eigenvalue weighted by Crippen LogP contribution is -2.27. The lowest BCUT2D eigenvalue weighted by molar-refractivity contribution is -0.123. The number of ether oxygens (including phenoxy) is 1. The van der Waals surface area contributed by atoms with Crippen LogP contribution in [0.3, 0.4) is 0 Å². The van der Waals surface area contributed by atoms with E-state index in [0.717, 1.165) is 22.9 Å². The first-order chi connectivity index (χ1) is 16.4. The van der Waals surface area contributed by atoms with E-state index in [9.17, 15) is 14.4 Å². The number of carbonyl (C=O) groups excluding carboxylic acids is 3. The Kier molecular flexibility index (Phi) is 7.35. The van der Waals surface area contributed by atoms with Crippen molar-refractivity contribution in [3.05, 3.63) is 99.4 Å². The average molecular weight is 493 g/mol. The Hall–Kier alpha value is -3.55. The zero-order chi connectivity index (χ0) is 24.1. The van der Waals surface area contributed by atoms with Gasteiger partial charge in [0.25, 0.3) is 17.1 Å². The van der Waals surface area contributed by atoms with Crippen molar-refractivity contribution >= 4 is 52.2 Å². The highest BCUT2D eigenvalue weighted by atomic mass is 35.5. The molecule has 3 aromatic rings. The van der Waals surface area contributed by atoms with Crippen molar-refractivity contribution in [2.75, 3.05) is 11.9 Å². The first kappa shape index (κ1) is 23.6. The lowest BCUT2D eigenvalue weighted by atomic mass is 10.2. The van der Waals surface area contributed by atoms with E-state index in [1.54, 1.807) is 30.3 Å². The van der Waals surface area contributed by atoms with Gasteiger partial charge in [-0.05, 0) is 65.7 Å². The van der Waals surface area contributed by atoms with Crippen molar-refractivity contribution in [1.82, 2.24) is 4.90 Å². The topological polar surface area (TPSA) is 75.7 Å². The lowest BCUT2D eigenvalue weighted by Gasteiger charge is -2.12. The van der Waals surface area contributed by atoms with Gasteiger partial charge < -0.3 is 10.1 Å². The Morgan fingerprint density at radius 3 is 2.59 bits per heavy atom. The molecule has 0 saturated carbocycles. The highest BCUT2D eigenvalue weighted by Crippen LogP contribution is 2.34. The molecular formula is C26H21ClN2O4S. The number of anilines is 1. The number of amides is 3. The maximum atomic E-state index is 12.7. The molecule has 4 rings (SSSR count). The van der Waals surface area contributed by atoms with Crippen LogP contribution in [0, 0.1) is 6.92 Å². The van der Waals surface area contributed by atoms with Crippen LogP contribution in [0.4, 0.5) is 10.5 Å². The van der Waals surface area contributed by atoms with Gasteiger partial charge in [0, 0.05) is 5.69 Å². The molecule has 6 nitrogen and oxygen atoms in total. The zero-order valence-corrected chi connectivity index (χ0v) is 19.9. The fourth-order valence-corrected chi connectivity index (χ4v) is 4.42. The number of benzene rings is 3. The summed E-state index contributed by atoms with van der Waals surface area (Å²) in [7, 11) is 0. The third kappa shape index (κ3) is 5.87. The van der Waals surface area contributed by atoms with Crippen molar-refractivity contribution in [3.8, 4) is 5.75 Å². The van der Waals surface area contributed by atoms with Crippen LogP contribution in [0.1, 0.15) is 16.7 Å². The van der Waals surface area contributed by atoms with Gasteiger partial charge in [0.15, 0.2) is 6.61 Å². The Labute approximate surface area is 206 Å². The molecule has 3 aromatic carbocycles. The predicted molar refractivity (Wildman–Crippen MR) is 135 cm³/mol. The number of hydrogen-bond donors (Lipinski definition) is 1. The molecule has 172 valence electrons. The quantitative estimate of drug-likeness (QED) is 0.415. The van der Waals surface area contributed by atoms with E-state index < -0.39 is 0 Å². The third-order valence-electron chi connectivity index (χ3n) is 4.97. The van der Waals surface area contributed by atoms with E-state index in [2.05, 4.69) is 5.32 Å². The molecule has 0 unspecified atom stereocenters. The van der Waals surface area contributed by atoms with Crippen LogP contribution in [0.2, 0.25) is 5.02 Å². The van der Waals surface area contributed by atoms with Gasteiger partial charge in [-0.1, -0.05) is 60.1 Å². The largest absolute Gasteiger partial charge is 0.482 e. The second kappa shape index (κ2) is 10.6. The molecule has 1 aliphatic rings. The zero-order valence-electron chi connectivity index (χ0n) is 18.3. The number of nitrogens with one attached hydrogen (secondary N) is 1. The summed E-state index contributed by atoms with van der Waals surface area (Å²) in [5.41, 5.74) is 3.25. The maximum absolute atomic E-state index is 12.7. The minimum Gasteiger partial charge on any atom is -0.482 e. The smallest absolute Gasteiger partial charge is 0.293 e. The molecule has 34 heavy (non-hydrogen) atoms. The number of aryl methyl sites for hydroxylation is 1. The van der Waals surface area contributed by atoms with Crippen molar-refractivity contribution in [2.45, 2.75) is 13.5 Å². The highest BCUT2D eigenvalue weighted by molar-refractivity contribution is 8.18. The molecule has 1 heterocycles. The van der Waals surface area contributed by atoms with E-state index in [4.69, 9.17) is 16.3 Å². The van der Waals surface area contributed by atoms with Crippen molar-refractivity contribution in [3.63, 3.8) is 0 Å². The molecule has 0 aliphatic carbocycles. The summed E-state index contributed by atoms with van der Waals surface area (Å²) in [5.74, 6) is -0.309. The van der Waals surface area contributed by atoms with Gasteiger partial charge in [0.2, 0.25) is 0 Å². The molecule has 3 amide bonds. The van der Waals surface area contributed by atoms with Gasteiger partial charge in [-0.25, -0.2) is 0 Å². The molecule has 1 fully saturated rings. The number of carbonyl (C=O) groups is 3. The monoisotopic (exact) mass is 492 g/mol. The second-order valence-electron chi connectivity index (χ2n) is 7.65. The number of imide groups is 1. The number of nitrogens with zero attached hydrogens (tertiary/aromatic N) is 1. The summed E-state index contributed by atoms with van der Waals surface area (Å²) >= 11 is 7.22. The Morgan fingerprint density at radius 2 is 1.85 bits per heavy atom. The van der Waals surface area contributed by atoms with E-state index >= 15 is 0 Å². The van der Waals surface area contributed by atoms with Crippen LogP contribution in [0.5, 0.6) is 5.75 Å². The van der Waals surface area contributed by atoms with Crippen LogP contribution in [0.15, 0.2) is 77.7 Å². The fourth-order valence-electron chi connectivity index (χ4n) is 3.34. The molecule has 1 aliphatic heterocycles. The molecule has 0 spiro atoms. The summed E-state index contributed by atoms with van der Waals surface area (Å²) in [6.07, 6.45) is 1.62. The van der Waals surface area contributed by atoms with Gasteiger partial charge >= 0.3 is 0 Å². The van der Waals surface area contributed by atoms with E-state index in [0.29, 0.717) is 26.9 Å². The van der Waals surface area contributed by atoms with Gasteiger partial charge in [0.05, 0.1) is 16.5 Å². The Bertz CT molecular complexity index is 1280. The van der Waals surface area contributed by atoms with E-state index in [1.165, 1.54) is 4.90 Å². The fraction of sp³-hybridized carbons (Fsp3) is 0.115. The predicted octanol–water partition coefficient (Wildman–Crippen LogP) is 5.90. The summed E-state index contributed by atoms with van der Waals surface area (Å²) in [5, 5.41) is 2.75. The standard InChI is InChI=1S/C26H21ClN2O4S/c1-17-6-5-9-20(12-17)28-24(30)16-33-22-11-10-19(13-21(22)27)14-23-25(31)29(26(32)34-23)15-18-7-3-2-4-8-18/h2-14H,15-16H2,1H3,(H,28,30)/b23-14-. The minimum atomic E-state index is -0.344. The molecule has 1 saturated heterocycles. The number of halogens is 1. The molecule has 0 atom stereocenters. The molecule has 0 aromatic heterocycles. The van der Waals surface area contributed by atoms with Crippen LogP contribution in [-0.4, -0.2) is 28.6 Å². The number of thioether (sulfide) groups is 1. The minimum absolute atomic E-state index is 0.203. The maximum Gasteiger partial charge on any atom is 0.293 e. The molecule has 0 radical (unpaired) electrons. The van der Waals surface area contributed by atoms with Crippen molar-refractivity contribution < 1.29 is 19.1 Å². The van der Waals surface area contributed by atoms with Gasteiger partial charge in [-0.15, -0.1) is 0 Å². The van der Waals surface area contributed by atoms with Crippen molar-refractivity contribution in [2.24, 2.45) is 0 Å². The molecule has 8 heteroatoms. The normalized spacial score (nSPS) is 14.5. The van der Waals surface area contributed by atoms with Crippen molar-refractivity contribution in [1.29, 1.82) is 0 Å². The van der Waals surface area contributed by atoms with Crippen LogP contribution >= 0.6 is 23.4 Å². The first-order valence-corrected chi connectivity index (χ1v) is 11.7. The Morgan fingerprint density at radius 1 is 1.06 bits per heavy atom. The Balaban J connectivity index is 1.38. The van der Waals surface area contributed by atoms with E-state index in [1.807, 2.05) is 55.5 Å². The van der Waals surface area contributed by atoms with Gasteiger partial charge in [-0.3, -0.25) is 19.3 Å². The molecule has 0 bridgehead atoms. The summed E-state index contributed by atoms with van der Waals surface area (Å²) in [6, 6.07) is 21.8. The summed E-state index contributed by atoms with van der Waals surface area (Å²) in [4.78, 5) is 38.8. The molecule has 1 N–H and O–H groups in total. The highest BCUT2D eigenvalue weighted by Gasteiger charge is 2.34. The van der Waals surface area contributed by atoms with Gasteiger partial charge in [-0.2, -0.15) is 0 Å².